The van der Waals surface area contributed by atoms with E-state index in [4.69, 9.17) is 4.74 Å². The molecule has 18 heavy (non-hydrogen) atoms. The van der Waals surface area contributed by atoms with Crippen molar-refractivity contribution in [3.05, 3.63) is 0 Å². The van der Waals surface area contributed by atoms with Gasteiger partial charge in [0.2, 0.25) is 5.91 Å². The molecular weight excluding hydrogens is 228 g/mol. The summed E-state index contributed by atoms with van der Waals surface area (Å²) in [5.41, 5.74) is -0.328. The molecule has 0 saturated carbocycles. The van der Waals surface area contributed by atoms with Gasteiger partial charge in [-0.25, -0.2) is 0 Å². The Labute approximate surface area is 111 Å². The Balaban J connectivity index is 2.59. The summed E-state index contributed by atoms with van der Waals surface area (Å²) in [5.74, 6) is 0.769. The van der Waals surface area contributed by atoms with Crippen LogP contribution in [0.4, 0.5) is 0 Å². The fourth-order valence-electron chi connectivity index (χ4n) is 2.76. The molecule has 0 radical (unpaired) electrons. The predicted molar refractivity (Wildman–Crippen MR) is 73.5 cm³/mol. The van der Waals surface area contributed by atoms with E-state index < -0.39 is 0 Å². The summed E-state index contributed by atoms with van der Waals surface area (Å²) in [5, 5.41) is 6.46. The molecule has 1 saturated heterocycles. The summed E-state index contributed by atoms with van der Waals surface area (Å²) in [4.78, 5) is 12.5. The van der Waals surface area contributed by atoms with E-state index in [-0.39, 0.29) is 17.4 Å². The fraction of sp³-hybridized carbons (Fsp3) is 0.929. The Morgan fingerprint density at radius 2 is 1.94 bits per heavy atom. The van der Waals surface area contributed by atoms with Crippen molar-refractivity contribution >= 4 is 5.91 Å². The SMILES string of the molecule is COCC1(C(=O)NC(C)CC(C)C)CCNCC1. The first-order valence-electron chi connectivity index (χ1n) is 7.01. The van der Waals surface area contributed by atoms with Gasteiger partial charge < -0.3 is 15.4 Å². The van der Waals surface area contributed by atoms with Crippen LogP contribution in [-0.4, -0.2) is 38.8 Å². The number of methoxy groups -OCH3 is 1. The predicted octanol–water partition coefficient (Wildman–Crippen LogP) is 1.55. The van der Waals surface area contributed by atoms with Gasteiger partial charge in [0, 0.05) is 13.2 Å². The zero-order valence-electron chi connectivity index (χ0n) is 12.2. The van der Waals surface area contributed by atoms with Crippen molar-refractivity contribution in [1.29, 1.82) is 0 Å². The molecule has 4 nitrogen and oxygen atoms in total. The van der Waals surface area contributed by atoms with Crippen molar-refractivity contribution in [3.63, 3.8) is 0 Å². The van der Waals surface area contributed by atoms with E-state index in [0.717, 1.165) is 32.4 Å². The van der Waals surface area contributed by atoms with Gasteiger partial charge >= 0.3 is 0 Å². The quantitative estimate of drug-likeness (QED) is 0.758. The molecular formula is C14H28N2O2. The van der Waals surface area contributed by atoms with Gasteiger partial charge in [-0.1, -0.05) is 13.8 Å². The summed E-state index contributed by atoms with van der Waals surface area (Å²) in [7, 11) is 1.68. The van der Waals surface area contributed by atoms with Crippen LogP contribution in [0.25, 0.3) is 0 Å². The summed E-state index contributed by atoms with van der Waals surface area (Å²) in [6.07, 6.45) is 2.75. The first kappa shape index (κ1) is 15.4. The average Bonchev–Trinajstić information content (AvgIpc) is 2.29. The fourth-order valence-corrected chi connectivity index (χ4v) is 2.76. The maximum Gasteiger partial charge on any atom is 0.228 e. The molecule has 1 atom stereocenters. The van der Waals surface area contributed by atoms with E-state index in [1.54, 1.807) is 7.11 Å². The Hall–Kier alpha value is -0.610. The minimum atomic E-state index is -0.328. The zero-order valence-corrected chi connectivity index (χ0v) is 12.2. The van der Waals surface area contributed by atoms with Crippen LogP contribution in [-0.2, 0) is 9.53 Å². The molecule has 1 unspecified atom stereocenters. The van der Waals surface area contributed by atoms with Gasteiger partial charge in [0.1, 0.15) is 0 Å². The van der Waals surface area contributed by atoms with Crippen molar-refractivity contribution in [1.82, 2.24) is 10.6 Å². The normalized spacial score (nSPS) is 20.7. The van der Waals surface area contributed by atoms with E-state index in [1.807, 2.05) is 0 Å². The maximum atomic E-state index is 12.5. The molecule has 4 heteroatoms. The van der Waals surface area contributed by atoms with E-state index in [0.29, 0.717) is 12.5 Å². The second-order valence-corrected chi connectivity index (χ2v) is 5.97. The number of carbonyl (C=O) groups is 1. The van der Waals surface area contributed by atoms with Gasteiger partial charge in [-0.2, -0.15) is 0 Å². The number of amides is 1. The van der Waals surface area contributed by atoms with E-state index in [9.17, 15) is 4.79 Å². The van der Waals surface area contributed by atoms with Crippen LogP contribution in [0.1, 0.15) is 40.0 Å². The molecule has 1 aliphatic rings. The minimum Gasteiger partial charge on any atom is -0.384 e. The average molecular weight is 256 g/mol. The second kappa shape index (κ2) is 7.10. The third-order valence-electron chi connectivity index (χ3n) is 3.67. The van der Waals surface area contributed by atoms with Crippen molar-refractivity contribution in [2.45, 2.75) is 46.1 Å². The van der Waals surface area contributed by atoms with Gasteiger partial charge in [-0.3, -0.25) is 4.79 Å². The molecule has 106 valence electrons. The Morgan fingerprint density at radius 1 is 1.33 bits per heavy atom. The molecule has 2 N–H and O–H groups in total. The summed E-state index contributed by atoms with van der Waals surface area (Å²) < 4.78 is 5.28. The first-order valence-corrected chi connectivity index (χ1v) is 7.01. The first-order chi connectivity index (χ1) is 8.50. The molecule has 0 aromatic heterocycles. The van der Waals surface area contributed by atoms with Crippen LogP contribution in [0.2, 0.25) is 0 Å². The van der Waals surface area contributed by atoms with Crippen molar-refractivity contribution < 1.29 is 9.53 Å². The third-order valence-corrected chi connectivity index (χ3v) is 3.67. The van der Waals surface area contributed by atoms with Gasteiger partial charge in [-0.05, 0) is 45.2 Å². The molecule has 0 aromatic rings. The highest BCUT2D eigenvalue weighted by atomic mass is 16.5. The van der Waals surface area contributed by atoms with Gasteiger partial charge in [0.05, 0.1) is 12.0 Å². The molecule has 1 fully saturated rings. The topological polar surface area (TPSA) is 50.4 Å². The lowest BCUT2D eigenvalue weighted by Gasteiger charge is -2.36. The molecule has 1 heterocycles. The standard InChI is InChI=1S/C14H28N2O2/c1-11(2)9-12(3)16-13(17)14(10-18-4)5-7-15-8-6-14/h11-12,15H,5-10H2,1-4H3,(H,16,17). The highest BCUT2D eigenvalue weighted by Gasteiger charge is 2.39. The van der Waals surface area contributed by atoms with Crippen LogP contribution in [0.3, 0.4) is 0 Å². The third kappa shape index (κ3) is 4.25. The largest absolute Gasteiger partial charge is 0.384 e. The maximum absolute atomic E-state index is 12.5. The summed E-state index contributed by atoms with van der Waals surface area (Å²) in [6, 6.07) is 0.237. The van der Waals surface area contributed by atoms with Crippen LogP contribution in [0.5, 0.6) is 0 Å². The van der Waals surface area contributed by atoms with Gasteiger partial charge in [-0.15, -0.1) is 0 Å². The van der Waals surface area contributed by atoms with E-state index >= 15 is 0 Å². The number of carbonyl (C=O) groups excluding carboxylic acids is 1. The van der Waals surface area contributed by atoms with Crippen LogP contribution in [0.15, 0.2) is 0 Å². The zero-order chi connectivity index (χ0) is 13.6. The number of nitrogens with one attached hydrogen (secondary N) is 2. The molecule has 0 aliphatic carbocycles. The number of piperidine rings is 1. The van der Waals surface area contributed by atoms with Crippen LogP contribution >= 0.6 is 0 Å². The summed E-state index contributed by atoms with van der Waals surface area (Å²) in [6.45, 7) is 8.76. The van der Waals surface area contributed by atoms with Crippen molar-refractivity contribution in [3.8, 4) is 0 Å². The molecule has 1 aliphatic heterocycles. The second-order valence-electron chi connectivity index (χ2n) is 5.97. The van der Waals surface area contributed by atoms with E-state index in [1.165, 1.54) is 0 Å². The number of ether oxygens (including phenoxy) is 1. The Kier molecular flexibility index (Phi) is 6.09. The smallest absolute Gasteiger partial charge is 0.228 e. The summed E-state index contributed by atoms with van der Waals surface area (Å²) >= 11 is 0. The van der Waals surface area contributed by atoms with Gasteiger partial charge in [0.15, 0.2) is 0 Å². The highest BCUT2D eigenvalue weighted by molar-refractivity contribution is 5.83. The lowest BCUT2D eigenvalue weighted by molar-refractivity contribution is -0.136. The van der Waals surface area contributed by atoms with Gasteiger partial charge in [0.25, 0.3) is 0 Å². The highest BCUT2D eigenvalue weighted by Crippen LogP contribution is 2.29. The molecule has 1 amide bonds. The number of hydrogen-bond donors (Lipinski definition) is 2. The molecule has 1 rings (SSSR count). The van der Waals surface area contributed by atoms with Crippen LogP contribution in [0, 0.1) is 11.3 Å². The Bertz CT molecular complexity index is 255. The monoisotopic (exact) mass is 256 g/mol. The molecule has 0 aromatic carbocycles. The number of rotatable bonds is 6. The lowest BCUT2D eigenvalue weighted by Crippen LogP contribution is -2.52. The van der Waals surface area contributed by atoms with Crippen molar-refractivity contribution in [2.24, 2.45) is 11.3 Å². The number of hydrogen-bond acceptors (Lipinski definition) is 3. The van der Waals surface area contributed by atoms with Crippen LogP contribution < -0.4 is 10.6 Å². The lowest BCUT2D eigenvalue weighted by atomic mass is 9.78. The Morgan fingerprint density at radius 3 is 2.44 bits per heavy atom. The molecule has 0 bridgehead atoms. The van der Waals surface area contributed by atoms with Crippen molar-refractivity contribution in [2.75, 3.05) is 26.8 Å². The van der Waals surface area contributed by atoms with E-state index in [2.05, 4.69) is 31.4 Å². The molecule has 0 spiro atoms. The minimum absolute atomic E-state index is 0.166.